The molecular formula is C28H32N2O4. The molecule has 0 unspecified atom stereocenters. The molecule has 6 heteroatoms. The first-order valence-corrected chi connectivity index (χ1v) is 12.0. The minimum Gasteiger partial charge on any atom is -0.478 e. The lowest BCUT2D eigenvalue weighted by atomic mass is 9.80. The van der Waals surface area contributed by atoms with E-state index in [1.165, 1.54) is 32.1 Å². The van der Waals surface area contributed by atoms with Crippen LogP contribution < -0.4 is 4.74 Å². The molecule has 0 amide bonds. The van der Waals surface area contributed by atoms with E-state index < -0.39 is 17.7 Å². The predicted molar refractivity (Wildman–Crippen MR) is 130 cm³/mol. The number of ether oxygens (including phenoxy) is 2. The highest BCUT2D eigenvalue weighted by molar-refractivity contribution is 5.76. The van der Waals surface area contributed by atoms with Crippen LogP contribution in [0.1, 0.15) is 55.3 Å². The molecule has 2 aromatic carbocycles. The van der Waals surface area contributed by atoms with Crippen LogP contribution in [0.3, 0.4) is 0 Å². The van der Waals surface area contributed by atoms with Crippen molar-refractivity contribution in [3.05, 3.63) is 89.7 Å². The van der Waals surface area contributed by atoms with Crippen molar-refractivity contribution in [2.45, 2.75) is 57.2 Å². The summed E-state index contributed by atoms with van der Waals surface area (Å²) in [5.74, 6) is -0.544. The first-order chi connectivity index (χ1) is 16.6. The molecule has 6 nitrogen and oxygen atoms in total. The minimum atomic E-state index is -1.40. The number of carbonyl (C=O) groups is 1. The van der Waals surface area contributed by atoms with Gasteiger partial charge in [0.15, 0.2) is 5.60 Å². The van der Waals surface area contributed by atoms with Gasteiger partial charge in [-0.05, 0) is 36.5 Å². The molecule has 1 aliphatic rings. The standard InChI is InChI=1S/C28H32N2O4/c1-21-17-19-29-27(30-21)34-25(26(31)32)28(23-13-7-3-8-14-23,24-15-9-4-10-16-24)33-20-18-22-11-5-2-6-12-22/h3-4,7-10,13-17,19,22,25H,2,5-6,11-12,18,20H2,1H3,(H,31,32)/t25-/m0/s1. The number of benzene rings is 2. The fourth-order valence-electron chi connectivity index (χ4n) is 4.84. The van der Waals surface area contributed by atoms with Crippen LogP contribution in [0.25, 0.3) is 0 Å². The third kappa shape index (κ3) is 5.45. The van der Waals surface area contributed by atoms with Crippen LogP contribution in [-0.2, 0) is 15.1 Å². The summed E-state index contributed by atoms with van der Waals surface area (Å²) >= 11 is 0. The van der Waals surface area contributed by atoms with E-state index in [-0.39, 0.29) is 6.01 Å². The van der Waals surface area contributed by atoms with Gasteiger partial charge in [-0.1, -0.05) is 92.8 Å². The maximum Gasteiger partial charge on any atom is 0.348 e. The number of hydrogen-bond donors (Lipinski definition) is 1. The first-order valence-electron chi connectivity index (χ1n) is 12.0. The van der Waals surface area contributed by atoms with Crippen molar-refractivity contribution in [3.8, 4) is 6.01 Å². The van der Waals surface area contributed by atoms with E-state index in [1.54, 1.807) is 12.3 Å². The second-order valence-corrected chi connectivity index (χ2v) is 8.93. The number of rotatable bonds is 10. The highest BCUT2D eigenvalue weighted by Gasteiger charge is 2.50. The Kier molecular flexibility index (Phi) is 7.91. The zero-order valence-corrected chi connectivity index (χ0v) is 19.6. The average Bonchev–Trinajstić information content (AvgIpc) is 2.87. The lowest BCUT2D eigenvalue weighted by molar-refractivity contribution is -0.164. The van der Waals surface area contributed by atoms with Crippen LogP contribution in [0.15, 0.2) is 72.9 Å². The van der Waals surface area contributed by atoms with Gasteiger partial charge < -0.3 is 14.6 Å². The van der Waals surface area contributed by atoms with Gasteiger partial charge >= 0.3 is 12.0 Å². The van der Waals surface area contributed by atoms with Crippen LogP contribution in [0.4, 0.5) is 0 Å². The summed E-state index contributed by atoms with van der Waals surface area (Å²) in [5, 5.41) is 10.4. The van der Waals surface area contributed by atoms with E-state index in [0.29, 0.717) is 29.3 Å². The Bertz CT molecular complexity index is 1010. The predicted octanol–water partition coefficient (Wildman–Crippen LogP) is 5.55. The Labute approximate surface area is 201 Å². The summed E-state index contributed by atoms with van der Waals surface area (Å²) in [5.41, 5.74) is 0.739. The van der Waals surface area contributed by atoms with Crippen molar-refractivity contribution in [2.75, 3.05) is 6.61 Å². The van der Waals surface area contributed by atoms with Crippen molar-refractivity contribution >= 4 is 5.97 Å². The molecule has 0 saturated heterocycles. The highest BCUT2D eigenvalue weighted by atomic mass is 16.6. The molecule has 1 saturated carbocycles. The molecule has 1 aliphatic carbocycles. The van der Waals surface area contributed by atoms with Gasteiger partial charge in [-0.25, -0.2) is 14.8 Å². The summed E-state index contributed by atoms with van der Waals surface area (Å²) in [6, 6.07) is 20.7. The van der Waals surface area contributed by atoms with Crippen molar-refractivity contribution in [3.63, 3.8) is 0 Å². The van der Waals surface area contributed by atoms with Crippen molar-refractivity contribution < 1.29 is 19.4 Å². The van der Waals surface area contributed by atoms with Gasteiger partial charge in [-0.15, -0.1) is 0 Å². The molecule has 0 bridgehead atoms. The third-order valence-electron chi connectivity index (χ3n) is 6.58. The van der Waals surface area contributed by atoms with Gasteiger partial charge in [0.25, 0.3) is 0 Å². The SMILES string of the molecule is Cc1ccnc(O[C@@H](C(=O)O)C(OCCC2CCCCC2)(c2ccccc2)c2ccccc2)n1. The Morgan fingerprint density at radius 3 is 2.18 bits per heavy atom. The Morgan fingerprint density at radius 2 is 1.62 bits per heavy atom. The fraction of sp³-hybridized carbons (Fsp3) is 0.393. The number of aryl methyl sites for hydroxylation is 1. The molecule has 3 aromatic rings. The number of carboxylic acids is 1. The zero-order chi connectivity index (χ0) is 23.8. The zero-order valence-electron chi connectivity index (χ0n) is 19.6. The van der Waals surface area contributed by atoms with Gasteiger partial charge in [-0.2, -0.15) is 0 Å². The molecule has 1 N–H and O–H groups in total. The number of aromatic nitrogens is 2. The van der Waals surface area contributed by atoms with Crippen LogP contribution in [-0.4, -0.2) is 33.8 Å². The molecule has 1 fully saturated rings. The van der Waals surface area contributed by atoms with E-state index in [1.807, 2.05) is 67.6 Å². The van der Waals surface area contributed by atoms with Crippen LogP contribution >= 0.6 is 0 Å². The lowest BCUT2D eigenvalue weighted by Gasteiger charge is -2.39. The fourth-order valence-corrected chi connectivity index (χ4v) is 4.84. The highest BCUT2D eigenvalue weighted by Crippen LogP contribution is 2.40. The van der Waals surface area contributed by atoms with Gasteiger partial charge in [0, 0.05) is 18.5 Å². The third-order valence-corrected chi connectivity index (χ3v) is 6.58. The molecule has 1 atom stereocenters. The summed E-state index contributed by atoms with van der Waals surface area (Å²) in [6.45, 7) is 2.24. The van der Waals surface area contributed by atoms with Crippen LogP contribution in [0, 0.1) is 12.8 Å². The van der Waals surface area contributed by atoms with E-state index in [0.717, 1.165) is 6.42 Å². The lowest BCUT2D eigenvalue weighted by Crippen LogP contribution is -2.51. The molecule has 1 aromatic heterocycles. The monoisotopic (exact) mass is 460 g/mol. The molecule has 0 radical (unpaired) electrons. The average molecular weight is 461 g/mol. The number of carboxylic acid groups (broad SMARTS) is 1. The van der Waals surface area contributed by atoms with Crippen molar-refractivity contribution in [1.82, 2.24) is 9.97 Å². The molecule has 34 heavy (non-hydrogen) atoms. The largest absolute Gasteiger partial charge is 0.478 e. The summed E-state index contributed by atoms with van der Waals surface area (Å²) < 4.78 is 12.7. The van der Waals surface area contributed by atoms with E-state index in [4.69, 9.17) is 9.47 Å². The van der Waals surface area contributed by atoms with E-state index in [9.17, 15) is 9.90 Å². The number of aliphatic carboxylic acids is 1. The summed E-state index contributed by atoms with van der Waals surface area (Å²) in [6.07, 6.45) is 7.23. The van der Waals surface area contributed by atoms with E-state index >= 15 is 0 Å². The molecule has 0 spiro atoms. The Balaban J connectivity index is 1.77. The second kappa shape index (κ2) is 11.3. The smallest absolute Gasteiger partial charge is 0.348 e. The Morgan fingerprint density at radius 1 is 1.00 bits per heavy atom. The van der Waals surface area contributed by atoms with Crippen LogP contribution in [0.2, 0.25) is 0 Å². The van der Waals surface area contributed by atoms with Gasteiger partial charge in [0.2, 0.25) is 6.10 Å². The molecule has 1 heterocycles. The minimum absolute atomic E-state index is 0.0134. The number of nitrogens with zero attached hydrogens (tertiary/aromatic N) is 2. The first kappa shape index (κ1) is 23.9. The molecule has 178 valence electrons. The quantitative estimate of drug-likeness (QED) is 0.427. The van der Waals surface area contributed by atoms with Crippen molar-refractivity contribution in [2.24, 2.45) is 5.92 Å². The molecule has 0 aliphatic heterocycles. The van der Waals surface area contributed by atoms with Gasteiger partial charge in [0.05, 0.1) is 0 Å². The normalized spacial score (nSPS) is 15.6. The second-order valence-electron chi connectivity index (χ2n) is 8.93. The van der Waals surface area contributed by atoms with E-state index in [2.05, 4.69) is 9.97 Å². The molecular weight excluding hydrogens is 428 g/mol. The maximum absolute atomic E-state index is 12.8. The molecule has 4 rings (SSSR count). The summed E-state index contributed by atoms with van der Waals surface area (Å²) in [4.78, 5) is 21.2. The Hall–Kier alpha value is -3.25. The topological polar surface area (TPSA) is 81.5 Å². The van der Waals surface area contributed by atoms with Gasteiger partial charge in [-0.3, -0.25) is 0 Å². The van der Waals surface area contributed by atoms with Gasteiger partial charge in [0.1, 0.15) is 0 Å². The number of hydrogen-bond acceptors (Lipinski definition) is 5. The van der Waals surface area contributed by atoms with Crippen LogP contribution in [0.5, 0.6) is 6.01 Å². The van der Waals surface area contributed by atoms with Crippen molar-refractivity contribution in [1.29, 1.82) is 0 Å². The summed E-state index contributed by atoms with van der Waals surface area (Å²) in [7, 11) is 0. The maximum atomic E-state index is 12.8.